The zero-order valence-electron chi connectivity index (χ0n) is 17.0. The van der Waals surface area contributed by atoms with E-state index in [4.69, 9.17) is 14.2 Å². The zero-order chi connectivity index (χ0) is 21.2. The molecule has 1 atom stereocenters. The van der Waals surface area contributed by atoms with Crippen LogP contribution in [-0.4, -0.2) is 27.8 Å². The maximum Gasteiger partial charge on any atom is 0.291 e. The summed E-state index contributed by atoms with van der Waals surface area (Å²) in [6.45, 7) is 3.11. The fraction of sp³-hybridized carbons (Fsp3) is 0.261. The van der Waals surface area contributed by atoms with Gasteiger partial charge in [0.1, 0.15) is 12.4 Å². The standard InChI is InChI=1S/C23H21N3O4S/c1-2-3-11-28-16-8-6-7-15(12-16)13-20-22(27)26-23(31-20)24-21(25-26)19-14-29-17-9-4-5-10-18(17)30-19/h4-10,12-13,19H,2-3,11,14H2,1H3. The number of aromatic nitrogens is 3. The number of fused-ring (bicyclic) bond motifs is 2. The summed E-state index contributed by atoms with van der Waals surface area (Å²) in [4.78, 5) is 17.9. The Morgan fingerprint density at radius 1 is 1.23 bits per heavy atom. The van der Waals surface area contributed by atoms with E-state index in [2.05, 4.69) is 17.0 Å². The summed E-state index contributed by atoms with van der Waals surface area (Å²) in [5.41, 5.74) is 0.699. The van der Waals surface area contributed by atoms with Gasteiger partial charge in [0.05, 0.1) is 11.1 Å². The van der Waals surface area contributed by atoms with E-state index < -0.39 is 6.10 Å². The molecule has 0 aliphatic carbocycles. The van der Waals surface area contributed by atoms with Crippen LogP contribution >= 0.6 is 11.3 Å². The van der Waals surface area contributed by atoms with Crippen LogP contribution in [0.15, 0.2) is 53.3 Å². The Bertz CT molecular complexity index is 1330. The number of nitrogens with zero attached hydrogens (tertiary/aromatic N) is 3. The molecule has 0 bridgehead atoms. The summed E-state index contributed by atoms with van der Waals surface area (Å²) in [6, 6.07) is 15.2. The number of benzene rings is 2. The summed E-state index contributed by atoms with van der Waals surface area (Å²) in [6.07, 6.45) is 3.48. The van der Waals surface area contributed by atoms with Crippen molar-refractivity contribution < 1.29 is 14.2 Å². The number of unbranched alkanes of at least 4 members (excludes halogenated alkanes) is 1. The second-order valence-corrected chi connectivity index (χ2v) is 8.23. The molecule has 158 valence electrons. The van der Waals surface area contributed by atoms with Gasteiger partial charge in [0.2, 0.25) is 4.96 Å². The lowest BCUT2D eigenvalue weighted by Crippen LogP contribution is -2.26. The Balaban J connectivity index is 1.40. The third-order valence-corrected chi connectivity index (χ3v) is 5.88. The van der Waals surface area contributed by atoms with Crippen molar-refractivity contribution in [1.29, 1.82) is 0 Å². The smallest absolute Gasteiger partial charge is 0.291 e. The molecule has 2 aromatic heterocycles. The van der Waals surface area contributed by atoms with Crippen LogP contribution < -0.4 is 24.3 Å². The molecule has 4 aromatic rings. The highest BCUT2D eigenvalue weighted by atomic mass is 32.1. The van der Waals surface area contributed by atoms with E-state index in [1.165, 1.54) is 15.9 Å². The number of hydrogen-bond donors (Lipinski definition) is 0. The van der Waals surface area contributed by atoms with Gasteiger partial charge in [-0.2, -0.15) is 9.50 Å². The van der Waals surface area contributed by atoms with E-state index in [0.29, 0.717) is 40.0 Å². The van der Waals surface area contributed by atoms with Crippen molar-refractivity contribution in [2.24, 2.45) is 0 Å². The molecule has 0 radical (unpaired) electrons. The Labute approximate surface area is 182 Å². The van der Waals surface area contributed by atoms with Crippen molar-refractivity contribution in [2.75, 3.05) is 13.2 Å². The molecule has 0 N–H and O–H groups in total. The largest absolute Gasteiger partial charge is 0.494 e. The summed E-state index contributed by atoms with van der Waals surface area (Å²) in [5, 5.41) is 4.39. The highest BCUT2D eigenvalue weighted by Gasteiger charge is 2.27. The van der Waals surface area contributed by atoms with Crippen LogP contribution in [0.2, 0.25) is 0 Å². The molecule has 0 spiro atoms. The molecule has 0 saturated heterocycles. The first kappa shape index (κ1) is 19.6. The minimum absolute atomic E-state index is 0.201. The summed E-state index contributed by atoms with van der Waals surface area (Å²) in [5.74, 6) is 2.58. The number of ether oxygens (including phenoxy) is 3. The third-order valence-electron chi connectivity index (χ3n) is 4.92. The molecule has 0 amide bonds. The predicted molar refractivity (Wildman–Crippen MR) is 118 cm³/mol. The van der Waals surface area contributed by atoms with Crippen molar-refractivity contribution in [2.45, 2.75) is 25.9 Å². The Kier molecular flexibility index (Phi) is 5.30. The van der Waals surface area contributed by atoms with Crippen molar-refractivity contribution in [3.63, 3.8) is 0 Å². The lowest BCUT2D eigenvalue weighted by molar-refractivity contribution is 0.0852. The number of hydrogen-bond acceptors (Lipinski definition) is 7. The average molecular weight is 436 g/mol. The lowest BCUT2D eigenvalue weighted by atomic mass is 10.2. The SMILES string of the molecule is CCCCOc1cccc(C=c2sc3nc(C4COc5ccccc5O4)nn3c2=O)c1. The minimum atomic E-state index is -0.453. The second kappa shape index (κ2) is 8.39. The highest BCUT2D eigenvalue weighted by Crippen LogP contribution is 2.35. The zero-order valence-corrected chi connectivity index (χ0v) is 17.8. The van der Waals surface area contributed by atoms with Crippen LogP contribution in [0.1, 0.15) is 37.3 Å². The first-order valence-electron chi connectivity index (χ1n) is 10.2. The van der Waals surface area contributed by atoms with Gasteiger partial charge < -0.3 is 14.2 Å². The molecule has 0 saturated carbocycles. The molecule has 1 unspecified atom stereocenters. The van der Waals surface area contributed by atoms with Crippen molar-refractivity contribution >= 4 is 22.4 Å². The Morgan fingerprint density at radius 3 is 2.94 bits per heavy atom. The van der Waals surface area contributed by atoms with Gasteiger partial charge in [-0.1, -0.05) is 48.9 Å². The fourth-order valence-electron chi connectivity index (χ4n) is 3.31. The number of para-hydroxylation sites is 2. The molecule has 7 nitrogen and oxygen atoms in total. The third kappa shape index (κ3) is 3.98. The van der Waals surface area contributed by atoms with E-state index in [-0.39, 0.29) is 5.56 Å². The van der Waals surface area contributed by atoms with Gasteiger partial charge in [0.25, 0.3) is 5.56 Å². The predicted octanol–water partition coefficient (Wildman–Crippen LogP) is 3.39. The van der Waals surface area contributed by atoms with Crippen LogP contribution in [0.5, 0.6) is 17.2 Å². The fourth-order valence-corrected chi connectivity index (χ4v) is 4.23. The second-order valence-electron chi connectivity index (χ2n) is 7.22. The van der Waals surface area contributed by atoms with Crippen LogP contribution in [0.25, 0.3) is 11.0 Å². The molecule has 2 aromatic carbocycles. The van der Waals surface area contributed by atoms with Crippen molar-refractivity contribution in [3.8, 4) is 17.2 Å². The summed E-state index contributed by atoms with van der Waals surface area (Å²) in [7, 11) is 0. The molecular weight excluding hydrogens is 414 g/mol. The van der Waals surface area contributed by atoms with E-state index in [1.807, 2.05) is 54.6 Å². The topological polar surface area (TPSA) is 74.9 Å². The highest BCUT2D eigenvalue weighted by molar-refractivity contribution is 7.15. The summed E-state index contributed by atoms with van der Waals surface area (Å²) < 4.78 is 19.3. The van der Waals surface area contributed by atoms with E-state index in [0.717, 1.165) is 24.2 Å². The molecule has 1 aliphatic heterocycles. The molecule has 31 heavy (non-hydrogen) atoms. The van der Waals surface area contributed by atoms with Crippen LogP contribution in [0, 0.1) is 0 Å². The Morgan fingerprint density at radius 2 is 2.10 bits per heavy atom. The molecule has 1 aliphatic rings. The maximum absolute atomic E-state index is 12.9. The van der Waals surface area contributed by atoms with E-state index in [1.54, 1.807) is 0 Å². The Hall–Kier alpha value is -3.39. The average Bonchev–Trinajstić information content (AvgIpc) is 3.33. The molecule has 3 heterocycles. The van der Waals surface area contributed by atoms with E-state index in [9.17, 15) is 4.79 Å². The van der Waals surface area contributed by atoms with Gasteiger partial charge in [-0.05, 0) is 42.3 Å². The van der Waals surface area contributed by atoms with Crippen LogP contribution in [0.3, 0.4) is 0 Å². The van der Waals surface area contributed by atoms with Crippen LogP contribution in [0.4, 0.5) is 0 Å². The first-order valence-corrected chi connectivity index (χ1v) is 11.1. The molecule has 8 heteroatoms. The van der Waals surface area contributed by atoms with Crippen molar-refractivity contribution in [1.82, 2.24) is 14.6 Å². The minimum Gasteiger partial charge on any atom is -0.494 e. The van der Waals surface area contributed by atoms with Gasteiger partial charge in [0, 0.05) is 0 Å². The monoisotopic (exact) mass is 435 g/mol. The summed E-state index contributed by atoms with van der Waals surface area (Å²) >= 11 is 1.30. The van der Waals surface area contributed by atoms with Gasteiger partial charge in [-0.25, -0.2) is 0 Å². The maximum atomic E-state index is 12.9. The lowest BCUT2D eigenvalue weighted by Gasteiger charge is -2.24. The van der Waals surface area contributed by atoms with E-state index >= 15 is 0 Å². The first-order chi connectivity index (χ1) is 15.2. The van der Waals surface area contributed by atoms with Gasteiger partial charge in [-0.15, -0.1) is 5.10 Å². The van der Waals surface area contributed by atoms with Crippen LogP contribution in [-0.2, 0) is 0 Å². The van der Waals surface area contributed by atoms with Crippen molar-refractivity contribution in [3.05, 3.63) is 74.8 Å². The molecular formula is C23H21N3O4S. The molecule has 0 fully saturated rings. The quantitative estimate of drug-likeness (QED) is 0.432. The van der Waals surface area contributed by atoms with Gasteiger partial charge in [-0.3, -0.25) is 4.79 Å². The van der Waals surface area contributed by atoms with Gasteiger partial charge in [0.15, 0.2) is 23.4 Å². The molecule has 5 rings (SSSR count). The van der Waals surface area contributed by atoms with Gasteiger partial charge >= 0.3 is 0 Å². The number of rotatable bonds is 6. The number of thiazole rings is 1. The normalized spacial score (nSPS) is 16.0.